The number of rotatable bonds is 21. The SMILES string of the molecule is CC(C)c1nc(CN(C)C(=O)N[C@]2(C(=O)N[C@H](CC[C@H](Cc3ccccc3)NC(=O)OCc3cncs3)Cc3ccccc3)CC2c2cn(C(c3ccccc3)(c3ccccc3)c3ccccc3)cn2)cs1. The minimum absolute atomic E-state index is 0.123. The summed E-state index contributed by atoms with van der Waals surface area (Å²) in [7, 11) is 1.73. The second-order valence-electron chi connectivity index (χ2n) is 18.9. The van der Waals surface area contributed by atoms with Gasteiger partial charge in [-0.05, 0) is 59.9 Å². The van der Waals surface area contributed by atoms with Crippen LogP contribution < -0.4 is 16.0 Å². The number of nitrogens with zero attached hydrogens (tertiary/aromatic N) is 5. The van der Waals surface area contributed by atoms with Crippen LogP contribution in [0.15, 0.2) is 181 Å². The van der Waals surface area contributed by atoms with E-state index in [1.807, 2.05) is 121 Å². The average Bonchev–Trinajstić information content (AvgIpc) is 3.88. The van der Waals surface area contributed by atoms with Gasteiger partial charge < -0.3 is 30.2 Å². The predicted molar refractivity (Wildman–Crippen MR) is 284 cm³/mol. The molecule has 3 heterocycles. The van der Waals surface area contributed by atoms with Crippen LogP contribution in [-0.2, 0) is 41.1 Å². The monoisotopic (exact) mass is 996 g/mol. The maximum Gasteiger partial charge on any atom is 0.407 e. The van der Waals surface area contributed by atoms with Gasteiger partial charge in [-0.3, -0.25) is 9.78 Å². The number of amides is 4. The molecule has 1 aliphatic rings. The Morgan fingerprint density at radius 3 is 1.82 bits per heavy atom. The summed E-state index contributed by atoms with van der Waals surface area (Å²) in [5, 5.41) is 12.8. The van der Waals surface area contributed by atoms with E-state index in [9.17, 15) is 9.59 Å². The molecule has 1 saturated carbocycles. The number of alkyl carbamates (subject to hydrolysis) is 1. The number of thiazole rings is 2. The van der Waals surface area contributed by atoms with Crippen molar-refractivity contribution in [3.8, 4) is 0 Å². The lowest BCUT2D eigenvalue weighted by Crippen LogP contribution is -2.55. The molecule has 0 radical (unpaired) electrons. The van der Waals surface area contributed by atoms with Crippen LogP contribution in [0.1, 0.15) is 94.0 Å². The molecule has 0 aliphatic heterocycles. The molecular weight excluding hydrogens is 937 g/mol. The minimum atomic E-state index is -1.33. The number of nitrogens with one attached hydrogen (secondary N) is 3. The Hall–Kier alpha value is -7.42. The molecule has 0 saturated heterocycles. The normalized spacial score (nSPS) is 16.1. The van der Waals surface area contributed by atoms with Gasteiger partial charge in [-0.2, -0.15) is 0 Å². The van der Waals surface area contributed by atoms with Gasteiger partial charge in [0, 0.05) is 48.7 Å². The smallest absolute Gasteiger partial charge is 0.407 e. The lowest BCUT2D eigenvalue weighted by molar-refractivity contribution is -0.124. The third-order valence-electron chi connectivity index (χ3n) is 13.4. The van der Waals surface area contributed by atoms with Gasteiger partial charge in [0.1, 0.15) is 17.7 Å². The third kappa shape index (κ3) is 11.5. The van der Waals surface area contributed by atoms with Crippen molar-refractivity contribution in [1.29, 1.82) is 0 Å². The quantitative estimate of drug-likeness (QED) is 0.0608. The summed E-state index contributed by atoms with van der Waals surface area (Å²) in [4.78, 5) is 59.6. The van der Waals surface area contributed by atoms with Crippen molar-refractivity contribution < 1.29 is 19.1 Å². The van der Waals surface area contributed by atoms with Crippen LogP contribution in [0.4, 0.5) is 9.59 Å². The summed E-state index contributed by atoms with van der Waals surface area (Å²) in [5.74, 6) is -0.485. The van der Waals surface area contributed by atoms with Crippen LogP contribution in [0.2, 0.25) is 0 Å². The molecule has 9 rings (SSSR count). The molecule has 4 amide bonds. The fourth-order valence-electron chi connectivity index (χ4n) is 9.64. The highest BCUT2D eigenvalue weighted by molar-refractivity contribution is 7.09. The topological polar surface area (TPSA) is 143 Å². The standard InChI is InChI=1S/C58H60N8O4S2/c1-41(2)53-61-49(38-71-53)35-65(3)55(68)64-57(33-51(57)52-36-66(39-60-52)58(44-23-13-6-14-24-44,45-25-15-7-16-26-45)46-27-17-8-18-28-46)54(67)62-47(31-42-19-9-4-10-20-42)29-30-48(32-43-21-11-5-12-22-43)63-56(69)70-37-50-34-59-40-72-50/h4-28,34,36,38-41,47-48,51H,29-33,35,37H2,1-3H3,(H,62,67)(H,63,69)(H,64,68)/t47-,48-,51?,57-/m1/s1. The van der Waals surface area contributed by atoms with Crippen molar-refractivity contribution in [1.82, 2.24) is 40.4 Å². The van der Waals surface area contributed by atoms with E-state index < -0.39 is 23.1 Å². The largest absolute Gasteiger partial charge is 0.444 e. The highest BCUT2D eigenvalue weighted by atomic mass is 32.1. The van der Waals surface area contributed by atoms with Gasteiger partial charge in [-0.15, -0.1) is 22.7 Å². The van der Waals surface area contributed by atoms with Crippen molar-refractivity contribution in [3.05, 3.63) is 230 Å². The fraction of sp³-hybridized carbons (Fsp3) is 0.276. The average molecular weight is 997 g/mol. The van der Waals surface area contributed by atoms with E-state index in [2.05, 4.69) is 87.9 Å². The van der Waals surface area contributed by atoms with Crippen LogP contribution >= 0.6 is 22.7 Å². The van der Waals surface area contributed by atoms with Gasteiger partial charge in [-0.1, -0.05) is 166 Å². The molecule has 72 heavy (non-hydrogen) atoms. The molecule has 12 nitrogen and oxygen atoms in total. The first kappa shape index (κ1) is 49.6. The molecule has 4 atom stereocenters. The van der Waals surface area contributed by atoms with E-state index in [1.165, 1.54) is 11.3 Å². The molecule has 8 aromatic rings. The van der Waals surface area contributed by atoms with E-state index >= 15 is 4.79 Å². The first-order valence-electron chi connectivity index (χ1n) is 24.5. The number of hydrogen-bond acceptors (Lipinski definition) is 9. The molecule has 0 bridgehead atoms. The van der Waals surface area contributed by atoms with E-state index in [4.69, 9.17) is 14.7 Å². The second-order valence-corrected chi connectivity index (χ2v) is 20.7. The summed E-state index contributed by atoms with van der Waals surface area (Å²) in [6, 6.07) is 50.2. The van der Waals surface area contributed by atoms with Crippen LogP contribution in [0.5, 0.6) is 0 Å². The van der Waals surface area contributed by atoms with Crippen molar-refractivity contribution in [3.63, 3.8) is 0 Å². The van der Waals surface area contributed by atoms with Gasteiger partial charge in [0.25, 0.3) is 0 Å². The summed E-state index contributed by atoms with van der Waals surface area (Å²) < 4.78 is 7.77. The molecule has 1 fully saturated rings. The zero-order valence-corrected chi connectivity index (χ0v) is 42.4. The van der Waals surface area contributed by atoms with Crippen molar-refractivity contribution in [2.45, 2.75) is 94.1 Å². The highest BCUT2D eigenvalue weighted by Crippen LogP contribution is 2.52. The molecular formula is C58H60N8O4S2. The Bertz CT molecular complexity index is 2890. The van der Waals surface area contributed by atoms with Crippen LogP contribution in [-0.4, -0.2) is 67.1 Å². The van der Waals surface area contributed by atoms with Crippen molar-refractivity contribution >= 4 is 40.7 Å². The number of benzene rings is 5. The number of ether oxygens (including phenoxy) is 1. The van der Waals surface area contributed by atoms with Crippen molar-refractivity contribution in [2.24, 2.45) is 0 Å². The van der Waals surface area contributed by atoms with E-state index in [0.29, 0.717) is 37.8 Å². The van der Waals surface area contributed by atoms with Gasteiger partial charge in [0.05, 0.1) is 39.7 Å². The Kier molecular flexibility index (Phi) is 15.7. The first-order valence-corrected chi connectivity index (χ1v) is 26.2. The molecule has 3 aromatic heterocycles. The molecule has 5 aromatic carbocycles. The van der Waals surface area contributed by atoms with Gasteiger partial charge in [-0.25, -0.2) is 19.6 Å². The molecule has 3 N–H and O–H groups in total. The summed E-state index contributed by atoms with van der Waals surface area (Å²) in [6.45, 7) is 4.60. The fourth-order valence-corrected chi connectivity index (χ4v) is 11.0. The number of urea groups is 1. The van der Waals surface area contributed by atoms with Crippen molar-refractivity contribution in [2.75, 3.05) is 7.05 Å². The van der Waals surface area contributed by atoms with Crippen LogP contribution in [0.25, 0.3) is 0 Å². The Morgan fingerprint density at radius 2 is 1.31 bits per heavy atom. The lowest BCUT2D eigenvalue weighted by atomic mass is 9.77. The van der Waals surface area contributed by atoms with Crippen LogP contribution in [0.3, 0.4) is 0 Å². The maximum atomic E-state index is 15.4. The zero-order chi connectivity index (χ0) is 49.9. The van der Waals surface area contributed by atoms with Gasteiger partial charge >= 0.3 is 12.1 Å². The first-order chi connectivity index (χ1) is 35.1. The predicted octanol–water partition coefficient (Wildman–Crippen LogP) is 10.9. The third-order valence-corrected chi connectivity index (χ3v) is 15.4. The van der Waals surface area contributed by atoms with E-state index in [1.54, 1.807) is 35.0 Å². The second kappa shape index (κ2) is 22.8. The molecule has 368 valence electrons. The number of carbonyl (C=O) groups is 3. The molecule has 1 unspecified atom stereocenters. The highest BCUT2D eigenvalue weighted by Gasteiger charge is 2.63. The summed E-state index contributed by atoms with van der Waals surface area (Å²) >= 11 is 3.01. The molecule has 1 aliphatic carbocycles. The Balaban J connectivity index is 1.03. The Morgan fingerprint density at radius 1 is 0.764 bits per heavy atom. The minimum Gasteiger partial charge on any atom is -0.444 e. The number of hydrogen-bond donors (Lipinski definition) is 3. The Labute approximate surface area is 429 Å². The lowest BCUT2D eigenvalue weighted by Gasteiger charge is -2.37. The maximum absolute atomic E-state index is 15.4. The van der Waals surface area contributed by atoms with E-state index in [0.717, 1.165) is 43.4 Å². The molecule has 0 spiro atoms. The van der Waals surface area contributed by atoms with E-state index in [-0.39, 0.29) is 43.1 Å². The van der Waals surface area contributed by atoms with Crippen LogP contribution in [0, 0.1) is 0 Å². The van der Waals surface area contributed by atoms with Gasteiger partial charge in [0.2, 0.25) is 5.91 Å². The summed E-state index contributed by atoms with van der Waals surface area (Å²) in [6.07, 6.45) is 7.54. The summed E-state index contributed by atoms with van der Waals surface area (Å²) in [5.41, 5.74) is 6.27. The number of carbonyl (C=O) groups excluding carboxylic acids is 3. The zero-order valence-electron chi connectivity index (χ0n) is 40.8. The van der Waals surface area contributed by atoms with Gasteiger partial charge in [0.15, 0.2) is 0 Å². The molecule has 14 heteroatoms. The number of aromatic nitrogens is 4. The number of imidazole rings is 1.